The fourth-order valence-electron chi connectivity index (χ4n) is 2.04. The summed E-state index contributed by atoms with van der Waals surface area (Å²) in [7, 11) is 0. The molecule has 0 unspecified atom stereocenters. The third-order valence-electron chi connectivity index (χ3n) is 2.95. The van der Waals surface area contributed by atoms with Crippen molar-refractivity contribution >= 4 is 32.8 Å². The number of fused-ring (bicyclic) bond motifs is 1. The van der Waals surface area contributed by atoms with Gasteiger partial charge in [-0.25, -0.2) is 4.98 Å². The number of morpholine rings is 1. The van der Waals surface area contributed by atoms with Crippen LogP contribution in [0.15, 0.2) is 27.5 Å². The lowest BCUT2D eigenvalue weighted by Crippen LogP contribution is -2.39. The van der Waals surface area contributed by atoms with Gasteiger partial charge in [0.25, 0.3) is 5.56 Å². The molecule has 0 amide bonds. The summed E-state index contributed by atoms with van der Waals surface area (Å²) in [4.78, 5) is 21.3. The number of ether oxygens (including phenoxy) is 1. The Bertz CT molecular complexity index is 635. The first-order valence-electron chi connectivity index (χ1n) is 5.76. The van der Waals surface area contributed by atoms with Gasteiger partial charge in [-0.3, -0.25) is 4.79 Å². The zero-order valence-corrected chi connectivity index (χ0v) is 11.2. The van der Waals surface area contributed by atoms with Crippen molar-refractivity contribution in [3.63, 3.8) is 0 Å². The zero-order chi connectivity index (χ0) is 12.5. The zero-order valence-electron chi connectivity index (χ0n) is 9.65. The lowest BCUT2D eigenvalue weighted by Gasteiger charge is -2.27. The number of nitrogens with one attached hydrogen (secondary N) is 1. The van der Waals surface area contributed by atoms with Gasteiger partial charge in [0.05, 0.1) is 24.2 Å². The Morgan fingerprint density at radius 3 is 2.89 bits per heavy atom. The molecule has 0 saturated carbocycles. The fraction of sp³-hybridized carbons (Fsp3) is 0.333. The van der Waals surface area contributed by atoms with Crippen LogP contribution in [0.25, 0.3) is 11.0 Å². The van der Waals surface area contributed by atoms with Crippen LogP contribution in [0, 0.1) is 0 Å². The molecule has 1 saturated heterocycles. The Balaban J connectivity index is 2.09. The largest absolute Gasteiger partial charge is 0.378 e. The Hall–Kier alpha value is -1.40. The highest BCUT2D eigenvalue weighted by Crippen LogP contribution is 2.17. The number of halogens is 1. The minimum atomic E-state index is -0.150. The monoisotopic (exact) mass is 309 g/mol. The molecule has 94 valence electrons. The third-order valence-corrected chi connectivity index (χ3v) is 3.44. The fourth-order valence-corrected chi connectivity index (χ4v) is 2.40. The Morgan fingerprint density at radius 1 is 1.33 bits per heavy atom. The van der Waals surface area contributed by atoms with Crippen molar-refractivity contribution in [2.24, 2.45) is 0 Å². The van der Waals surface area contributed by atoms with Crippen molar-refractivity contribution in [3.05, 3.63) is 33.0 Å². The normalized spacial score (nSPS) is 16.2. The van der Waals surface area contributed by atoms with E-state index in [0.717, 1.165) is 15.5 Å². The molecule has 6 heteroatoms. The molecule has 2 aromatic rings. The standard InChI is InChI=1S/C12H12BrN3O2/c13-8-1-2-9-10(7-8)15-12(17)11(14-9)16-3-5-18-6-4-16/h1-2,7H,3-6H2,(H,15,17). The molecule has 1 aliphatic heterocycles. The molecule has 5 nitrogen and oxygen atoms in total. The van der Waals surface area contributed by atoms with E-state index in [1.165, 1.54) is 0 Å². The van der Waals surface area contributed by atoms with Gasteiger partial charge in [0, 0.05) is 17.6 Å². The molecule has 1 fully saturated rings. The van der Waals surface area contributed by atoms with Crippen molar-refractivity contribution in [2.45, 2.75) is 0 Å². The summed E-state index contributed by atoms with van der Waals surface area (Å²) in [6, 6.07) is 5.66. The van der Waals surface area contributed by atoms with Crippen LogP contribution in [-0.2, 0) is 4.74 Å². The number of benzene rings is 1. The van der Waals surface area contributed by atoms with Crippen LogP contribution in [0.1, 0.15) is 0 Å². The smallest absolute Gasteiger partial charge is 0.291 e. The van der Waals surface area contributed by atoms with E-state index in [2.05, 4.69) is 25.9 Å². The maximum Gasteiger partial charge on any atom is 0.291 e. The Morgan fingerprint density at radius 2 is 2.11 bits per heavy atom. The van der Waals surface area contributed by atoms with E-state index in [1.54, 1.807) is 0 Å². The van der Waals surface area contributed by atoms with Crippen LogP contribution >= 0.6 is 15.9 Å². The van der Waals surface area contributed by atoms with E-state index in [4.69, 9.17) is 4.74 Å². The maximum absolute atomic E-state index is 12.0. The summed E-state index contributed by atoms with van der Waals surface area (Å²) in [5, 5.41) is 0. The average molecular weight is 310 g/mol. The van der Waals surface area contributed by atoms with Gasteiger partial charge in [-0.05, 0) is 18.2 Å². The summed E-state index contributed by atoms with van der Waals surface area (Å²) in [6.45, 7) is 2.69. The van der Waals surface area contributed by atoms with Crippen molar-refractivity contribution < 1.29 is 4.74 Å². The first-order chi connectivity index (χ1) is 8.74. The third kappa shape index (κ3) is 2.13. The first-order valence-corrected chi connectivity index (χ1v) is 6.55. The van der Waals surface area contributed by atoms with Crippen LogP contribution in [-0.4, -0.2) is 36.3 Å². The summed E-state index contributed by atoms with van der Waals surface area (Å²) in [6.07, 6.45) is 0. The lowest BCUT2D eigenvalue weighted by molar-refractivity contribution is 0.122. The van der Waals surface area contributed by atoms with Gasteiger partial charge in [0.15, 0.2) is 5.82 Å². The minimum absolute atomic E-state index is 0.150. The molecule has 18 heavy (non-hydrogen) atoms. The molecule has 1 N–H and O–H groups in total. The minimum Gasteiger partial charge on any atom is -0.378 e. The van der Waals surface area contributed by atoms with E-state index in [1.807, 2.05) is 23.1 Å². The lowest BCUT2D eigenvalue weighted by atomic mass is 10.3. The number of H-pyrrole nitrogens is 1. The number of nitrogens with zero attached hydrogens (tertiary/aromatic N) is 2. The molecule has 0 radical (unpaired) electrons. The molecular weight excluding hydrogens is 298 g/mol. The molecule has 1 aliphatic rings. The van der Waals surface area contributed by atoms with Gasteiger partial charge in [-0.2, -0.15) is 0 Å². The number of aromatic amines is 1. The highest BCUT2D eigenvalue weighted by molar-refractivity contribution is 9.10. The van der Waals surface area contributed by atoms with Crippen LogP contribution in [0.2, 0.25) is 0 Å². The molecule has 0 spiro atoms. The molecule has 1 aromatic carbocycles. The highest BCUT2D eigenvalue weighted by atomic mass is 79.9. The first kappa shape index (κ1) is 11.7. The van der Waals surface area contributed by atoms with Crippen LogP contribution in [0.3, 0.4) is 0 Å². The van der Waals surface area contributed by atoms with E-state index in [0.29, 0.717) is 32.1 Å². The van der Waals surface area contributed by atoms with Gasteiger partial charge >= 0.3 is 0 Å². The second-order valence-electron chi connectivity index (χ2n) is 4.15. The van der Waals surface area contributed by atoms with Gasteiger partial charge in [-0.1, -0.05) is 15.9 Å². The van der Waals surface area contributed by atoms with Gasteiger partial charge in [0.2, 0.25) is 0 Å². The second-order valence-corrected chi connectivity index (χ2v) is 5.07. The SMILES string of the molecule is O=c1[nH]c2cc(Br)ccc2nc1N1CCOCC1. The second kappa shape index (κ2) is 4.70. The van der Waals surface area contributed by atoms with Crippen LogP contribution in [0.5, 0.6) is 0 Å². The quantitative estimate of drug-likeness (QED) is 0.868. The van der Waals surface area contributed by atoms with E-state index < -0.39 is 0 Å². The predicted octanol–water partition coefficient (Wildman–Crippen LogP) is 1.52. The molecule has 1 aromatic heterocycles. The summed E-state index contributed by atoms with van der Waals surface area (Å²) < 4.78 is 6.20. The molecule has 0 bridgehead atoms. The van der Waals surface area contributed by atoms with E-state index in [9.17, 15) is 4.79 Å². The number of hydrogen-bond acceptors (Lipinski definition) is 4. The predicted molar refractivity (Wildman–Crippen MR) is 73.1 cm³/mol. The number of hydrogen-bond donors (Lipinski definition) is 1. The van der Waals surface area contributed by atoms with Gasteiger partial charge in [-0.15, -0.1) is 0 Å². The van der Waals surface area contributed by atoms with Crippen molar-refractivity contribution in [1.29, 1.82) is 0 Å². The van der Waals surface area contributed by atoms with Crippen molar-refractivity contribution in [2.75, 3.05) is 31.2 Å². The van der Waals surface area contributed by atoms with Crippen LogP contribution in [0.4, 0.5) is 5.82 Å². The number of rotatable bonds is 1. The molecule has 3 rings (SSSR count). The van der Waals surface area contributed by atoms with Crippen LogP contribution < -0.4 is 10.5 Å². The molecule has 0 aliphatic carbocycles. The summed E-state index contributed by atoms with van der Waals surface area (Å²) in [5.41, 5.74) is 1.38. The molecule has 2 heterocycles. The van der Waals surface area contributed by atoms with E-state index in [-0.39, 0.29) is 5.56 Å². The Kier molecular flexibility index (Phi) is 3.05. The highest BCUT2D eigenvalue weighted by Gasteiger charge is 2.16. The summed E-state index contributed by atoms with van der Waals surface area (Å²) >= 11 is 3.38. The van der Waals surface area contributed by atoms with Crippen molar-refractivity contribution in [3.8, 4) is 0 Å². The average Bonchev–Trinajstić information content (AvgIpc) is 2.39. The topological polar surface area (TPSA) is 58.2 Å². The number of aromatic nitrogens is 2. The summed E-state index contributed by atoms with van der Waals surface area (Å²) in [5.74, 6) is 0.480. The Labute approximate surface area is 112 Å². The maximum atomic E-state index is 12.0. The van der Waals surface area contributed by atoms with Gasteiger partial charge < -0.3 is 14.6 Å². The van der Waals surface area contributed by atoms with E-state index >= 15 is 0 Å². The molecular formula is C12H12BrN3O2. The van der Waals surface area contributed by atoms with Crippen molar-refractivity contribution in [1.82, 2.24) is 9.97 Å². The van der Waals surface area contributed by atoms with Gasteiger partial charge in [0.1, 0.15) is 0 Å². The number of anilines is 1. The molecule has 0 atom stereocenters.